The highest BCUT2D eigenvalue weighted by molar-refractivity contribution is 7.82. The molecule has 1 aliphatic heterocycles. The third kappa shape index (κ3) is 3.41. The zero-order valence-corrected chi connectivity index (χ0v) is 13.4. The van der Waals surface area contributed by atoms with E-state index in [1.165, 1.54) is 25.5 Å². The van der Waals surface area contributed by atoms with Crippen molar-refractivity contribution in [3.8, 4) is 0 Å². The summed E-state index contributed by atoms with van der Waals surface area (Å²) >= 11 is 4.27. The second-order valence-electron chi connectivity index (χ2n) is 5.60. The fourth-order valence-corrected chi connectivity index (χ4v) is 2.40. The molecular weight excluding hydrogens is 306 g/mol. The van der Waals surface area contributed by atoms with Crippen LogP contribution >= 0.6 is 12.6 Å². The smallest absolute Gasteiger partial charge is 0.330 e. The average Bonchev–Trinajstić information content (AvgIpc) is 3.17. The largest absolute Gasteiger partial charge is 0.472 e. The number of ether oxygens (including phenoxy) is 1. The molecule has 0 aromatic carbocycles. The summed E-state index contributed by atoms with van der Waals surface area (Å²) < 4.78 is 8.35. The highest BCUT2D eigenvalue weighted by Crippen LogP contribution is 2.29. The van der Waals surface area contributed by atoms with Crippen LogP contribution in [0.5, 0.6) is 0 Å². The van der Waals surface area contributed by atoms with Gasteiger partial charge in [-0.3, -0.25) is 9.59 Å². The van der Waals surface area contributed by atoms with Crippen LogP contribution in [-0.4, -0.2) is 35.1 Å². The summed E-state index contributed by atoms with van der Waals surface area (Å²) in [6.07, 6.45) is 4.19. The van der Waals surface area contributed by atoms with Gasteiger partial charge in [0.15, 0.2) is 5.78 Å². The van der Waals surface area contributed by atoms with Crippen molar-refractivity contribution in [2.45, 2.75) is 37.5 Å². The fourth-order valence-electron chi connectivity index (χ4n) is 2.24. The molecule has 1 N–H and O–H groups in total. The minimum absolute atomic E-state index is 0.297. The minimum Gasteiger partial charge on any atom is -0.472 e. The first-order chi connectivity index (χ1) is 10.3. The molecule has 1 aliphatic rings. The number of ketones is 1. The fraction of sp³-hybridized carbons (Fsp3) is 0.533. The molecule has 2 unspecified atom stereocenters. The highest BCUT2D eigenvalue weighted by atomic mass is 32.1. The number of thiol groups is 1. The summed E-state index contributed by atoms with van der Waals surface area (Å²) in [5.41, 5.74) is 0.351. The molecule has 0 bridgehead atoms. The lowest BCUT2D eigenvalue weighted by molar-refractivity contribution is -0.163. The molecule has 0 saturated carbocycles. The topological polar surface area (TPSA) is 85.6 Å². The van der Waals surface area contributed by atoms with E-state index in [9.17, 15) is 14.4 Å². The molecule has 0 spiro atoms. The van der Waals surface area contributed by atoms with Crippen molar-refractivity contribution in [3.63, 3.8) is 0 Å². The molecule has 1 aromatic heterocycles. The lowest BCUT2D eigenvalue weighted by Crippen LogP contribution is -2.44. The Bertz CT molecular complexity index is 560. The Kier molecular flexibility index (Phi) is 5.08. The molecule has 22 heavy (non-hydrogen) atoms. The van der Waals surface area contributed by atoms with Gasteiger partial charge < -0.3 is 14.5 Å². The predicted molar refractivity (Wildman–Crippen MR) is 81.7 cm³/mol. The summed E-state index contributed by atoms with van der Waals surface area (Å²) in [5, 5.41) is 2.96. The molecule has 0 amide bonds. The van der Waals surface area contributed by atoms with Gasteiger partial charge in [0.25, 0.3) is 0 Å². The summed E-state index contributed by atoms with van der Waals surface area (Å²) in [7, 11) is 0. The Morgan fingerprint density at radius 2 is 2.23 bits per heavy atom. The Balaban J connectivity index is 2.03. The van der Waals surface area contributed by atoms with Crippen molar-refractivity contribution in [1.82, 2.24) is 5.32 Å². The molecule has 1 saturated heterocycles. The van der Waals surface area contributed by atoms with Gasteiger partial charge >= 0.3 is 11.9 Å². The van der Waals surface area contributed by atoms with E-state index in [-0.39, 0.29) is 5.78 Å². The average molecular weight is 325 g/mol. The van der Waals surface area contributed by atoms with Crippen LogP contribution in [0.15, 0.2) is 23.0 Å². The molecule has 6 nitrogen and oxygen atoms in total. The van der Waals surface area contributed by atoms with Gasteiger partial charge in [-0.1, -0.05) is 6.92 Å². The van der Waals surface area contributed by atoms with Crippen LogP contribution < -0.4 is 5.32 Å². The SMILES string of the molecule is CC(C(=O)c1ccoc1)C(C)(S)C(=O)OC(=O)[C@@H]1CCCN1. The maximum atomic E-state index is 12.3. The van der Waals surface area contributed by atoms with E-state index in [1.807, 2.05) is 0 Å². The van der Waals surface area contributed by atoms with Gasteiger partial charge in [0.2, 0.25) is 0 Å². The van der Waals surface area contributed by atoms with E-state index < -0.39 is 28.6 Å². The van der Waals surface area contributed by atoms with E-state index in [0.29, 0.717) is 12.0 Å². The van der Waals surface area contributed by atoms with Crippen molar-refractivity contribution in [2.75, 3.05) is 6.54 Å². The van der Waals surface area contributed by atoms with Crippen molar-refractivity contribution < 1.29 is 23.5 Å². The third-order valence-electron chi connectivity index (χ3n) is 3.99. The van der Waals surface area contributed by atoms with Crippen LogP contribution in [0.25, 0.3) is 0 Å². The Morgan fingerprint density at radius 1 is 1.50 bits per heavy atom. The molecule has 1 aromatic rings. The van der Waals surface area contributed by atoms with Crippen LogP contribution in [0.2, 0.25) is 0 Å². The van der Waals surface area contributed by atoms with E-state index >= 15 is 0 Å². The van der Waals surface area contributed by atoms with Gasteiger partial charge in [0.1, 0.15) is 17.1 Å². The quantitative estimate of drug-likeness (QED) is 0.370. The molecule has 3 atom stereocenters. The van der Waals surface area contributed by atoms with Gasteiger partial charge in [-0.15, -0.1) is 0 Å². The molecule has 7 heteroatoms. The number of carbonyl (C=O) groups is 3. The molecule has 2 rings (SSSR count). The maximum Gasteiger partial charge on any atom is 0.330 e. The van der Waals surface area contributed by atoms with Crippen LogP contribution in [-0.2, 0) is 14.3 Å². The third-order valence-corrected chi connectivity index (χ3v) is 4.56. The number of rotatable bonds is 5. The normalized spacial score (nSPS) is 21.9. The highest BCUT2D eigenvalue weighted by Gasteiger charge is 2.43. The summed E-state index contributed by atoms with van der Waals surface area (Å²) in [5.74, 6) is -2.51. The number of hydrogen-bond donors (Lipinski definition) is 2. The van der Waals surface area contributed by atoms with Crippen molar-refractivity contribution in [2.24, 2.45) is 5.92 Å². The first kappa shape index (κ1) is 16.8. The number of furan rings is 1. The predicted octanol–water partition coefficient (Wildman–Crippen LogP) is 1.61. The Hall–Kier alpha value is -1.60. The lowest BCUT2D eigenvalue weighted by atomic mass is 9.88. The molecule has 1 fully saturated rings. The van der Waals surface area contributed by atoms with E-state index in [4.69, 9.17) is 9.15 Å². The molecular formula is C15H19NO5S. The van der Waals surface area contributed by atoms with Crippen LogP contribution in [0.1, 0.15) is 37.0 Å². The van der Waals surface area contributed by atoms with Crippen molar-refractivity contribution in [3.05, 3.63) is 24.2 Å². The second-order valence-corrected chi connectivity index (χ2v) is 6.53. The first-order valence-electron chi connectivity index (χ1n) is 7.12. The number of nitrogens with one attached hydrogen (secondary N) is 1. The standard InChI is InChI=1S/C15H19NO5S/c1-9(12(17)10-5-7-20-8-10)15(2,22)14(19)21-13(18)11-4-3-6-16-11/h5,7-9,11,16,22H,3-4,6H2,1-2H3/t9?,11-,15?/m0/s1. The summed E-state index contributed by atoms with van der Waals surface area (Å²) in [4.78, 5) is 36.4. The second kappa shape index (κ2) is 6.66. The van der Waals surface area contributed by atoms with Gasteiger partial charge in [0, 0.05) is 5.92 Å². The summed E-state index contributed by atoms with van der Waals surface area (Å²) in [6, 6.07) is 1.05. The van der Waals surface area contributed by atoms with E-state index in [2.05, 4.69) is 17.9 Å². The number of carbonyl (C=O) groups excluding carboxylic acids is 3. The Labute approximate surface area is 134 Å². The van der Waals surface area contributed by atoms with E-state index in [0.717, 1.165) is 13.0 Å². The van der Waals surface area contributed by atoms with Crippen LogP contribution in [0, 0.1) is 5.92 Å². The van der Waals surface area contributed by atoms with Gasteiger partial charge in [-0.2, -0.15) is 12.6 Å². The number of hydrogen-bond acceptors (Lipinski definition) is 7. The molecule has 2 heterocycles. The van der Waals surface area contributed by atoms with Gasteiger partial charge in [0.05, 0.1) is 11.8 Å². The Morgan fingerprint density at radius 3 is 2.77 bits per heavy atom. The molecule has 120 valence electrons. The first-order valence-corrected chi connectivity index (χ1v) is 7.57. The zero-order valence-electron chi connectivity index (χ0n) is 12.5. The molecule has 0 aliphatic carbocycles. The van der Waals surface area contributed by atoms with Gasteiger partial charge in [-0.05, 0) is 32.4 Å². The zero-order chi connectivity index (χ0) is 16.3. The van der Waals surface area contributed by atoms with Crippen LogP contribution in [0.3, 0.4) is 0 Å². The van der Waals surface area contributed by atoms with Crippen LogP contribution in [0.4, 0.5) is 0 Å². The molecule has 0 radical (unpaired) electrons. The monoisotopic (exact) mass is 325 g/mol. The maximum absolute atomic E-state index is 12.3. The minimum atomic E-state index is -1.41. The van der Waals surface area contributed by atoms with Crippen molar-refractivity contribution in [1.29, 1.82) is 0 Å². The summed E-state index contributed by atoms with van der Waals surface area (Å²) in [6.45, 7) is 3.76. The van der Waals surface area contributed by atoms with Gasteiger partial charge in [-0.25, -0.2) is 4.79 Å². The van der Waals surface area contributed by atoms with E-state index in [1.54, 1.807) is 6.92 Å². The number of Topliss-reactive ketones (excluding diaryl/α,β-unsaturated/α-hetero) is 1. The number of esters is 2. The van der Waals surface area contributed by atoms with Crippen molar-refractivity contribution >= 4 is 30.4 Å². The lowest BCUT2D eigenvalue weighted by Gasteiger charge is -2.27.